The summed E-state index contributed by atoms with van der Waals surface area (Å²) in [6.45, 7) is 1.52. The molecule has 156 valence electrons. The van der Waals surface area contributed by atoms with Crippen LogP contribution in [-0.2, 0) is 28.7 Å². The Kier molecular flexibility index (Phi) is 5.68. The highest BCUT2D eigenvalue weighted by atomic mass is 16.5. The van der Waals surface area contributed by atoms with Gasteiger partial charge in [-0.1, -0.05) is 6.92 Å². The van der Waals surface area contributed by atoms with Crippen molar-refractivity contribution in [3.63, 3.8) is 0 Å². The lowest BCUT2D eigenvalue weighted by Crippen LogP contribution is -2.59. The molecular formula is C20H30N2O6. The summed E-state index contributed by atoms with van der Waals surface area (Å²) in [5.41, 5.74) is 5.08. The third kappa shape index (κ3) is 3.61. The second kappa shape index (κ2) is 7.72. The number of nitrogens with two attached hydrogens (primary N) is 1. The van der Waals surface area contributed by atoms with Crippen LogP contribution >= 0.6 is 0 Å². The molecule has 0 aromatic heterocycles. The minimum Gasteiger partial charge on any atom is -0.468 e. The summed E-state index contributed by atoms with van der Waals surface area (Å²) < 4.78 is 9.37. The van der Waals surface area contributed by atoms with Crippen LogP contribution < -0.4 is 11.1 Å². The zero-order valence-electron chi connectivity index (χ0n) is 16.7. The monoisotopic (exact) mass is 394 g/mol. The third-order valence-corrected chi connectivity index (χ3v) is 7.07. The summed E-state index contributed by atoms with van der Waals surface area (Å²) in [5.74, 6) is -3.15. The summed E-state index contributed by atoms with van der Waals surface area (Å²) in [6, 6.07) is -1.16. The first-order valence-electron chi connectivity index (χ1n) is 9.96. The molecule has 4 bridgehead atoms. The first-order valence-corrected chi connectivity index (χ1v) is 9.96. The predicted octanol–water partition coefficient (Wildman–Crippen LogP) is 0.771. The van der Waals surface area contributed by atoms with Gasteiger partial charge in [-0.05, 0) is 56.3 Å². The molecule has 8 nitrogen and oxygen atoms in total. The van der Waals surface area contributed by atoms with E-state index in [1.54, 1.807) is 0 Å². The van der Waals surface area contributed by atoms with Crippen LogP contribution in [0.15, 0.2) is 0 Å². The summed E-state index contributed by atoms with van der Waals surface area (Å²) in [4.78, 5) is 49.6. The number of nitrogens with one attached hydrogen (secondary N) is 1. The van der Waals surface area contributed by atoms with E-state index < -0.39 is 41.1 Å². The van der Waals surface area contributed by atoms with Crippen molar-refractivity contribution in [1.82, 2.24) is 5.32 Å². The Morgan fingerprint density at radius 1 is 0.929 bits per heavy atom. The third-order valence-electron chi connectivity index (χ3n) is 7.07. The van der Waals surface area contributed by atoms with Crippen molar-refractivity contribution < 1.29 is 28.7 Å². The maximum atomic E-state index is 13.3. The van der Waals surface area contributed by atoms with Gasteiger partial charge in [0.1, 0.15) is 6.04 Å². The van der Waals surface area contributed by atoms with E-state index in [9.17, 15) is 19.2 Å². The fourth-order valence-electron chi connectivity index (χ4n) is 6.12. The Morgan fingerprint density at radius 2 is 1.36 bits per heavy atom. The normalized spacial score (nSPS) is 32.5. The van der Waals surface area contributed by atoms with E-state index in [1.165, 1.54) is 26.2 Å². The Bertz CT molecular complexity index is 624. The molecule has 0 aliphatic heterocycles. The van der Waals surface area contributed by atoms with Crippen molar-refractivity contribution in [1.29, 1.82) is 0 Å². The summed E-state index contributed by atoms with van der Waals surface area (Å²) in [7, 11) is 2.30. The van der Waals surface area contributed by atoms with Crippen LogP contribution in [0.4, 0.5) is 0 Å². The van der Waals surface area contributed by atoms with Crippen molar-refractivity contribution in [2.75, 3.05) is 14.2 Å². The molecule has 2 atom stereocenters. The summed E-state index contributed by atoms with van der Waals surface area (Å²) in [5, 5.41) is 2.78. The number of esters is 2. The number of hydrogen-bond acceptors (Lipinski definition) is 6. The van der Waals surface area contributed by atoms with Gasteiger partial charge in [-0.25, -0.2) is 0 Å². The highest BCUT2D eigenvalue weighted by Crippen LogP contribution is 2.60. The van der Waals surface area contributed by atoms with Crippen molar-refractivity contribution >= 4 is 23.8 Å². The average Bonchev–Trinajstić information content (AvgIpc) is 2.64. The Hall–Kier alpha value is -2.12. The molecule has 2 amide bonds. The van der Waals surface area contributed by atoms with Gasteiger partial charge in [-0.2, -0.15) is 0 Å². The second-order valence-electron chi connectivity index (χ2n) is 8.93. The van der Waals surface area contributed by atoms with Gasteiger partial charge in [0.05, 0.1) is 14.2 Å². The summed E-state index contributed by atoms with van der Waals surface area (Å²) >= 11 is 0. The van der Waals surface area contributed by atoms with Crippen LogP contribution in [0.2, 0.25) is 0 Å². The van der Waals surface area contributed by atoms with E-state index in [0.717, 1.165) is 33.5 Å². The van der Waals surface area contributed by atoms with Crippen LogP contribution in [-0.4, -0.2) is 44.0 Å². The van der Waals surface area contributed by atoms with Gasteiger partial charge in [0, 0.05) is 11.3 Å². The lowest BCUT2D eigenvalue weighted by Gasteiger charge is -2.55. The number of carbonyl (C=O) groups is 4. The lowest BCUT2D eigenvalue weighted by molar-refractivity contribution is -0.163. The topological polar surface area (TPSA) is 125 Å². The predicted molar refractivity (Wildman–Crippen MR) is 98.4 cm³/mol. The van der Waals surface area contributed by atoms with Crippen LogP contribution in [0, 0.1) is 35.0 Å². The molecule has 0 radical (unpaired) electrons. The van der Waals surface area contributed by atoms with Crippen molar-refractivity contribution in [2.45, 2.75) is 51.5 Å². The minimum atomic E-state index is -1.34. The molecule has 0 spiro atoms. The number of ether oxygens (including phenoxy) is 2. The molecule has 0 aromatic carbocycles. The van der Waals surface area contributed by atoms with Gasteiger partial charge in [0.25, 0.3) is 0 Å². The first kappa shape index (κ1) is 20.6. The van der Waals surface area contributed by atoms with Gasteiger partial charge in [-0.3, -0.25) is 19.2 Å². The van der Waals surface area contributed by atoms with Crippen molar-refractivity contribution in [3.05, 3.63) is 0 Å². The van der Waals surface area contributed by atoms with Gasteiger partial charge in [0.2, 0.25) is 11.8 Å². The number of primary amides is 1. The lowest BCUT2D eigenvalue weighted by atomic mass is 9.49. The van der Waals surface area contributed by atoms with Gasteiger partial charge in [0.15, 0.2) is 5.92 Å². The molecule has 0 heterocycles. The number of carbonyl (C=O) groups excluding carboxylic acids is 4. The van der Waals surface area contributed by atoms with Gasteiger partial charge >= 0.3 is 11.9 Å². The molecule has 0 saturated heterocycles. The van der Waals surface area contributed by atoms with E-state index >= 15 is 0 Å². The Morgan fingerprint density at radius 3 is 1.71 bits per heavy atom. The summed E-state index contributed by atoms with van der Waals surface area (Å²) in [6.07, 6.45) is 6.07. The van der Waals surface area contributed by atoms with E-state index in [4.69, 9.17) is 5.73 Å². The SMILES string of the molecule is COC(=O)C(C(=O)OC)[C@H](C)[C@H](NC(=O)C12CC3CC(CC(C3)C1)C2)C(N)=O. The largest absolute Gasteiger partial charge is 0.468 e. The molecular weight excluding hydrogens is 364 g/mol. The van der Waals surface area contributed by atoms with Crippen LogP contribution in [0.5, 0.6) is 0 Å². The first-order chi connectivity index (χ1) is 13.2. The molecule has 3 N–H and O–H groups in total. The van der Waals surface area contributed by atoms with Gasteiger partial charge in [-0.15, -0.1) is 0 Å². The smallest absolute Gasteiger partial charge is 0.320 e. The van der Waals surface area contributed by atoms with E-state index in [-0.39, 0.29) is 5.91 Å². The Labute approximate surface area is 164 Å². The number of amides is 2. The maximum Gasteiger partial charge on any atom is 0.320 e. The Balaban J connectivity index is 1.79. The minimum absolute atomic E-state index is 0.185. The highest BCUT2D eigenvalue weighted by Gasteiger charge is 2.55. The fourth-order valence-corrected chi connectivity index (χ4v) is 6.12. The molecule has 4 aliphatic carbocycles. The average molecular weight is 394 g/mol. The fraction of sp³-hybridized carbons (Fsp3) is 0.800. The highest BCUT2D eigenvalue weighted by molar-refractivity contribution is 5.97. The van der Waals surface area contributed by atoms with Gasteiger partial charge < -0.3 is 20.5 Å². The van der Waals surface area contributed by atoms with Crippen LogP contribution in [0.1, 0.15) is 45.4 Å². The molecule has 4 rings (SSSR count). The molecule has 4 aliphatic rings. The van der Waals surface area contributed by atoms with Crippen molar-refractivity contribution in [2.24, 2.45) is 40.7 Å². The second-order valence-corrected chi connectivity index (χ2v) is 8.93. The molecule has 28 heavy (non-hydrogen) atoms. The molecule has 4 fully saturated rings. The van der Waals surface area contributed by atoms with Crippen LogP contribution in [0.3, 0.4) is 0 Å². The van der Waals surface area contributed by atoms with E-state index in [1.807, 2.05) is 0 Å². The van der Waals surface area contributed by atoms with Crippen LogP contribution in [0.25, 0.3) is 0 Å². The number of hydrogen-bond donors (Lipinski definition) is 2. The zero-order valence-corrected chi connectivity index (χ0v) is 16.7. The van der Waals surface area contributed by atoms with E-state index in [0.29, 0.717) is 17.8 Å². The zero-order chi connectivity index (χ0) is 20.6. The molecule has 4 saturated carbocycles. The van der Waals surface area contributed by atoms with Crippen molar-refractivity contribution in [3.8, 4) is 0 Å². The number of rotatable bonds is 7. The quantitative estimate of drug-likeness (QED) is 0.485. The number of methoxy groups -OCH3 is 2. The molecule has 0 aromatic rings. The molecule has 0 unspecified atom stereocenters. The maximum absolute atomic E-state index is 13.3. The van der Waals surface area contributed by atoms with E-state index in [2.05, 4.69) is 14.8 Å². The molecule has 8 heteroatoms. The standard InChI is InChI=1S/C20H30N2O6/c1-10(14(17(24)27-2)18(25)28-3)15(16(21)23)22-19(26)20-7-11-4-12(8-20)6-13(5-11)9-20/h10-15H,4-9H2,1-3H3,(H2,21,23)(H,22,26)/t10-,11?,12?,13?,15-,20?/m0/s1.